The summed E-state index contributed by atoms with van der Waals surface area (Å²) in [6.07, 6.45) is -1.44. The van der Waals surface area contributed by atoms with Gasteiger partial charge in [0.25, 0.3) is 0 Å². The number of carbonyl (C=O) groups is 1. The third-order valence-electron chi connectivity index (χ3n) is 2.80. The minimum Gasteiger partial charge on any atom is -0.481 e. The van der Waals surface area contributed by atoms with Crippen molar-refractivity contribution in [2.24, 2.45) is 0 Å². The van der Waals surface area contributed by atoms with Crippen molar-refractivity contribution in [3.63, 3.8) is 0 Å². The number of rotatable bonds is 3. The molecule has 0 aliphatic rings. The monoisotopic (exact) mass is 234 g/mol. The standard InChI is InChI=1S/C13H14O4/c1-7-3-4-9-8(2)13(17-11(9)5-7)10(14)6-12(15)16/h3-5,10,14H,6H2,1-2H3,(H,15,16). The Morgan fingerprint density at radius 3 is 2.76 bits per heavy atom. The molecule has 1 unspecified atom stereocenters. The quantitative estimate of drug-likeness (QED) is 0.856. The SMILES string of the molecule is Cc1ccc2c(C)c(C(O)CC(=O)O)oc2c1. The maximum absolute atomic E-state index is 10.6. The van der Waals surface area contributed by atoms with E-state index in [0.717, 1.165) is 16.5 Å². The first kappa shape index (κ1) is 11.7. The van der Waals surface area contributed by atoms with Crippen molar-refractivity contribution in [2.75, 3.05) is 0 Å². The van der Waals surface area contributed by atoms with E-state index in [2.05, 4.69) is 0 Å². The van der Waals surface area contributed by atoms with Gasteiger partial charge in [0, 0.05) is 10.9 Å². The van der Waals surface area contributed by atoms with Gasteiger partial charge in [-0.2, -0.15) is 0 Å². The van der Waals surface area contributed by atoms with Crippen molar-refractivity contribution < 1.29 is 19.4 Å². The predicted octanol–water partition coefficient (Wildman–Crippen LogP) is 2.56. The van der Waals surface area contributed by atoms with Crippen LogP contribution in [0.3, 0.4) is 0 Å². The van der Waals surface area contributed by atoms with E-state index in [1.54, 1.807) is 0 Å². The molecule has 1 aromatic heterocycles. The molecule has 0 saturated heterocycles. The molecular weight excluding hydrogens is 220 g/mol. The molecule has 0 spiro atoms. The molecule has 1 atom stereocenters. The highest BCUT2D eigenvalue weighted by Gasteiger charge is 2.20. The van der Waals surface area contributed by atoms with Gasteiger partial charge < -0.3 is 14.6 Å². The van der Waals surface area contributed by atoms with E-state index in [4.69, 9.17) is 9.52 Å². The van der Waals surface area contributed by atoms with Crippen LogP contribution in [0.15, 0.2) is 22.6 Å². The zero-order valence-corrected chi connectivity index (χ0v) is 9.73. The molecule has 0 fully saturated rings. The van der Waals surface area contributed by atoms with Crippen molar-refractivity contribution in [3.05, 3.63) is 35.1 Å². The van der Waals surface area contributed by atoms with E-state index in [1.165, 1.54) is 0 Å². The second kappa shape index (κ2) is 4.22. The zero-order chi connectivity index (χ0) is 12.6. The lowest BCUT2D eigenvalue weighted by Crippen LogP contribution is -2.05. The highest BCUT2D eigenvalue weighted by Crippen LogP contribution is 2.31. The first-order valence-corrected chi connectivity index (χ1v) is 5.38. The fourth-order valence-electron chi connectivity index (χ4n) is 1.93. The number of aliphatic hydroxyl groups is 1. The summed E-state index contributed by atoms with van der Waals surface area (Å²) in [5, 5.41) is 19.3. The van der Waals surface area contributed by atoms with E-state index in [0.29, 0.717) is 11.3 Å². The van der Waals surface area contributed by atoms with Crippen LogP contribution < -0.4 is 0 Å². The Morgan fingerprint density at radius 1 is 1.41 bits per heavy atom. The lowest BCUT2D eigenvalue weighted by molar-refractivity contribution is -0.139. The fourth-order valence-corrected chi connectivity index (χ4v) is 1.93. The Bertz CT molecular complexity index is 568. The van der Waals surface area contributed by atoms with Gasteiger partial charge in [-0.3, -0.25) is 4.79 Å². The third-order valence-corrected chi connectivity index (χ3v) is 2.80. The number of aliphatic hydroxyl groups excluding tert-OH is 1. The molecular formula is C13H14O4. The van der Waals surface area contributed by atoms with E-state index in [9.17, 15) is 9.90 Å². The van der Waals surface area contributed by atoms with Gasteiger partial charge in [0.1, 0.15) is 17.4 Å². The predicted molar refractivity (Wildman–Crippen MR) is 62.9 cm³/mol. The number of fused-ring (bicyclic) bond motifs is 1. The average molecular weight is 234 g/mol. The summed E-state index contributed by atoms with van der Waals surface area (Å²) in [6.45, 7) is 3.77. The molecule has 4 nitrogen and oxygen atoms in total. The second-order valence-electron chi connectivity index (χ2n) is 4.20. The Hall–Kier alpha value is -1.81. The van der Waals surface area contributed by atoms with Crippen molar-refractivity contribution in [1.29, 1.82) is 0 Å². The summed E-state index contributed by atoms with van der Waals surface area (Å²) in [7, 11) is 0. The molecule has 2 N–H and O–H groups in total. The molecule has 0 saturated carbocycles. The lowest BCUT2D eigenvalue weighted by Gasteiger charge is -2.04. The molecule has 0 aliphatic heterocycles. The Morgan fingerprint density at radius 2 is 2.12 bits per heavy atom. The van der Waals surface area contributed by atoms with Crippen LogP contribution in [0.4, 0.5) is 0 Å². The number of benzene rings is 1. The van der Waals surface area contributed by atoms with Crippen LogP contribution in [0.25, 0.3) is 11.0 Å². The third kappa shape index (κ3) is 2.17. The number of aliphatic carboxylic acids is 1. The zero-order valence-electron chi connectivity index (χ0n) is 9.73. The second-order valence-corrected chi connectivity index (χ2v) is 4.20. The summed E-state index contributed by atoms with van der Waals surface area (Å²) in [5.74, 6) is -0.707. The fraction of sp³-hybridized carbons (Fsp3) is 0.308. The van der Waals surface area contributed by atoms with Crippen LogP contribution >= 0.6 is 0 Å². The van der Waals surface area contributed by atoms with Crippen molar-refractivity contribution in [1.82, 2.24) is 0 Å². The lowest BCUT2D eigenvalue weighted by atomic mass is 10.1. The summed E-state index contributed by atoms with van der Waals surface area (Å²) >= 11 is 0. The van der Waals surface area contributed by atoms with Crippen LogP contribution in [0.5, 0.6) is 0 Å². The minimum atomic E-state index is -1.10. The maximum Gasteiger partial charge on any atom is 0.306 e. The smallest absolute Gasteiger partial charge is 0.306 e. The number of furan rings is 1. The molecule has 17 heavy (non-hydrogen) atoms. The van der Waals surface area contributed by atoms with E-state index in [-0.39, 0.29) is 6.42 Å². The van der Waals surface area contributed by atoms with Gasteiger partial charge >= 0.3 is 5.97 Å². The van der Waals surface area contributed by atoms with Crippen LogP contribution in [0, 0.1) is 13.8 Å². The molecule has 0 amide bonds. The highest BCUT2D eigenvalue weighted by molar-refractivity contribution is 5.83. The summed E-state index contributed by atoms with van der Waals surface area (Å²) in [4.78, 5) is 10.6. The molecule has 90 valence electrons. The normalized spacial score (nSPS) is 12.9. The largest absolute Gasteiger partial charge is 0.481 e. The van der Waals surface area contributed by atoms with Gasteiger partial charge in [0.15, 0.2) is 0 Å². The van der Waals surface area contributed by atoms with E-state index >= 15 is 0 Å². The molecule has 0 bridgehead atoms. The van der Waals surface area contributed by atoms with E-state index in [1.807, 2.05) is 32.0 Å². The first-order valence-electron chi connectivity index (χ1n) is 5.38. The Kier molecular flexibility index (Phi) is 2.90. The summed E-state index contributed by atoms with van der Waals surface area (Å²) < 4.78 is 5.53. The molecule has 0 aliphatic carbocycles. The van der Waals surface area contributed by atoms with Gasteiger partial charge in [-0.25, -0.2) is 0 Å². The molecule has 2 aromatic rings. The number of carboxylic acid groups (broad SMARTS) is 1. The summed E-state index contributed by atoms with van der Waals surface area (Å²) in [6, 6.07) is 5.75. The molecule has 4 heteroatoms. The van der Waals surface area contributed by atoms with Gasteiger partial charge in [0.05, 0.1) is 6.42 Å². The Balaban J connectivity index is 2.48. The Labute approximate surface area is 98.5 Å². The van der Waals surface area contributed by atoms with Crippen LogP contribution in [-0.2, 0) is 4.79 Å². The number of carboxylic acids is 1. The molecule has 1 aromatic carbocycles. The number of hydrogen-bond acceptors (Lipinski definition) is 3. The van der Waals surface area contributed by atoms with Crippen LogP contribution in [-0.4, -0.2) is 16.2 Å². The topological polar surface area (TPSA) is 70.7 Å². The highest BCUT2D eigenvalue weighted by atomic mass is 16.4. The van der Waals surface area contributed by atoms with Crippen LogP contribution in [0.2, 0.25) is 0 Å². The summed E-state index contributed by atoms with van der Waals surface area (Å²) in [5.41, 5.74) is 2.54. The van der Waals surface area contributed by atoms with Crippen molar-refractivity contribution in [2.45, 2.75) is 26.4 Å². The number of hydrogen-bond donors (Lipinski definition) is 2. The first-order chi connectivity index (χ1) is 7.99. The van der Waals surface area contributed by atoms with Gasteiger partial charge in [-0.1, -0.05) is 12.1 Å². The molecule has 2 rings (SSSR count). The van der Waals surface area contributed by atoms with Crippen LogP contribution in [0.1, 0.15) is 29.4 Å². The molecule has 1 heterocycles. The van der Waals surface area contributed by atoms with Gasteiger partial charge in [-0.15, -0.1) is 0 Å². The minimum absolute atomic E-state index is 0.341. The maximum atomic E-state index is 10.6. The van der Waals surface area contributed by atoms with Crippen molar-refractivity contribution >= 4 is 16.9 Å². The van der Waals surface area contributed by atoms with Gasteiger partial charge in [0.2, 0.25) is 0 Å². The van der Waals surface area contributed by atoms with Gasteiger partial charge in [-0.05, 0) is 25.5 Å². The van der Waals surface area contributed by atoms with E-state index < -0.39 is 12.1 Å². The molecule has 0 radical (unpaired) electrons. The van der Waals surface area contributed by atoms with Crippen molar-refractivity contribution in [3.8, 4) is 0 Å². The average Bonchev–Trinajstić information content (AvgIpc) is 2.54. The number of aryl methyl sites for hydroxylation is 2.